The van der Waals surface area contributed by atoms with Crippen LogP contribution in [0.5, 0.6) is 11.8 Å². The normalized spacial score (nSPS) is 16.2. The van der Waals surface area contributed by atoms with Crippen molar-refractivity contribution in [2.24, 2.45) is 0 Å². The number of benzene rings is 3. The number of amides is 1. The smallest absolute Gasteiger partial charge is 0.319 e. The monoisotopic (exact) mass is 623 g/mol. The molecule has 3 aromatic carbocycles. The highest BCUT2D eigenvalue weighted by Gasteiger charge is 2.27. The molecule has 1 aromatic heterocycles. The highest BCUT2D eigenvalue weighted by Crippen LogP contribution is 2.42. The fourth-order valence-corrected chi connectivity index (χ4v) is 6.37. The number of phenols is 1. The zero-order valence-corrected chi connectivity index (χ0v) is 25.2. The van der Waals surface area contributed by atoms with Crippen LogP contribution in [0, 0.1) is 5.82 Å². The second-order valence-electron chi connectivity index (χ2n) is 10.9. The van der Waals surface area contributed by atoms with Crippen molar-refractivity contribution < 1.29 is 19.0 Å². The van der Waals surface area contributed by atoms with E-state index < -0.39 is 5.82 Å². The maximum absolute atomic E-state index is 16.7. The maximum Gasteiger partial charge on any atom is 0.319 e. The van der Waals surface area contributed by atoms with Gasteiger partial charge >= 0.3 is 6.01 Å². The van der Waals surface area contributed by atoms with E-state index in [9.17, 15) is 9.90 Å². The quantitative estimate of drug-likeness (QED) is 0.245. The van der Waals surface area contributed by atoms with Gasteiger partial charge < -0.3 is 19.6 Å². The second kappa shape index (κ2) is 12.5. The molecule has 2 fully saturated rings. The lowest BCUT2D eigenvalue weighted by atomic mass is 9.96. The van der Waals surface area contributed by atoms with Gasteiger partial charge in [-0.1, -0.05) is 60.5 Å². The number of ether oxygens (including phenoxy) is 1. The van der Waals surface area contributed by atoms with Gasteiger partial charge in [-0.2, -0.15) is 9.97 Å². The molecule has 6 rings (SSSR count). The number of phenolic OH excluding ortho intramolecular Hbond substituents is 1. The summed E-state index contributed by atoms with van der Waals surface area (Å²) >= 11 is 12.7. The molecule has 2 saturated heterocycles. The summed E-state index contributed by atoms with van der Waals surface area (Å²) < 4.78 is 22.7. The van der Waals surface area contributed by atoms with E-state index in [1.807, 2.05) is 29.2 Å². The number of piperazine rings is 1. The summed E-state index contributed by atoms with van der Waals surface area (Å²) in [6, 6.07) is 12.3. The fraction of sp³-hybridized carbons (Fsp3) is 0.344. The zero-order valence-electron chi connectivity index (χ0n) is 23.7. The third-order valence-electron chi connectivity index (χ3n) is 8.14. The van der Waals surface area contributed by atoms with Crippen LogP contribution in [0.25, 0.3) is 32.8 Å². The predicted octanol–water partition coefficient (Wildman–Crippen LogP) is 6.21. The van der Waals surface area contributed by atoms with Crippen molar-refractivity contribution in [1.82, 2.24) is 19.8 Å². The van der Waals surface area contributed by atoms with Crippen LogP contribution in [0.4, 0.5) is 10.2 Å². The van der Waals surface area contributed by atoms with Crippen LogP contribution in [0.3, 0.4) is 0 Å². The van der Waals surface area contributed by atoms with E-state index in [1.54, 1.807) is 17.0 Å². The van der Waals surface area contributed by atoms with E-state index in [0.29, 0.717) is 49.6 Å². The number of nitrogens with zero attached hydrogens (tertiary/aromatic N) is 5. The minimum Gasteiger partial charge on any atom is -0.508 e. The average molecular weight is 625 g/mol. The highest BCUT2D eigenvalue weighted by molar-refractivity contribution is 6.41. The molecule has 224 valence electrons. The molecule has 2 aliphatic heterocycles. The Bertz CT molecular complexity index is 1700. The Hall–Kier alpha value is -3.66. The lowest BCUT2D eigenvalue weighted by Crippen LogP contribution is -2.49. The van der Waals surface area contributed by atoms with Gasteiger partial charge in [-0.25, -0.2) is 4.39 Å². The van der Waals surface area contributed by atoms with Gasteiger partial charge in [0, 0.05) is 43.7 Å². The number of hydrogen-bond acceptors (Lipinski definition) is 7. The Morgan fingerprint density at radius 2 is 1.74 bits per heavy atom. The number of piperidine rings is 1. The van der Waals surface area contributed by atoms with E-state index in [-0.39, 0.29) is 38.8 Å². The van der Waals surface area contributed by atoms with Gasteiger partial charge in [-0.15, -0.1) is 0 Å². The molecule has 2 aliphatic rings. The molecule has 1 N–H and O–H groups in total. The second-order valence-corrected chi connectivity index (χ2v) is 11.8. The average Bonchev–Trinajstić information content (AvgIpc) is 3.01. The number of aromatic hydroxyl groups is 1. The third-order valence-corrected chi connectivity index (χ3v) is 8.60. The molecule has 0 spiro atoms. The molecule has 0 saturated carbocycles. The number of halogens is 3. The number of likely N-dealkylation sites (tertiary alicyclic amines) is 1. The Labute approximate surface area is 259 Å². The van der Waals surface area contributed by atoms with Crippen molar-refractivity contribution in [3.05, 3.63) is 64.9 Å². The molecule has 0 unspecified atom stereocenters. The molecule has 4 aromatic rings. The molecule has 11 heteroatoms. The lowest BCUT2D eigenvalue weighted by molar-refractivity contribution is -0.126. The van der Waals surface area contributed by atoms with Gasteiger partial charge in [0.25, 0.3) is 5.91 Å². The van der Waals surface area contributed by atoms with Crippen molar-refractivity contribution in [3.8, 4) is 22.9 Å². The molecule has 0 aliphatic carbocycles. The Balaban J connectivity index is 1.41. The summed E-state index contributed by atoms with van der Waals surface area (Å²) in [5.41, 5.74) is 0.667. The van der Waals surface area contributed by atoms with Gasteiger partial charge in [0.05, 0.1) is 10.1 Å². The van der Waals surface area contributed by atoms with E-state index in [1.165, 1.54) is 25.3 Å². The van der Waals surface area contributed by atoms with Gasteiger partial charge in [-0.3, -0.25) is 9.69 Å². The van der Waals surface area contributed by atoms with E-state index >= 15 is 4.39 Å². The van der Waals surface area contributed by atoms with Crippen molar-refractivity contribution in [2.45, 2.75) is 19.3 Å². The minimum absolute atomic E-state index is 0.00132. The van der Waals surface area contributed by atoms with Gasteiger partial charge in [0.15, 0.2) is 5.82 Å². The number of fused-ring (bicyclic) bond motifs is 2. The summed E-state index contributed by atoms with van der Waals surface area (Å²) in [5, 5.41) is 12.5. The number of hydrogen-bond donors (Lipinski definition) is 1. The van der Waals surface area contributed by atoms with Gasteiger partial charge in [0.1, 0.15) is 23.7 Å². The molecular formula is C32H32Cl2FN5O3. The van der Waals surface area contributed by atoms with Gasteiger partial charge in [-0.05, 0) is 60.5 Å². The van der Waals surface area contributed by atoms with Crippen LogP contribution < -0.4 is 9.64 Å². The van der Waals surface area contributed by atoms with Crippen LogP contribution in [-0.2, 0) is 4.79 Å². The summed E-state index contributed by atoms with van der Waals surface area (Å²) in [5.74, 6) is -0.466. The van der Waals surface area contributed by atoms with E-state index in [4.69, 9.17) is 32.9 Å². The summed E-state index contributed by atoms with van der Waals surface area (Å²) in [6.45, 7) is 8.36. The third kappa shape index (κ3) is 6.07. The maximum atomic E-state index is 16.7. The summed E-state index contributed by atoms with van der Waals surface area (Å²) in [6.07, 6.45) is 3.58. The number of carbonyl (C=O) groups is 1. The Kier molecular flexibility index (Phi) is 8.56. The van der Waals surface area contributed by atoms with Crippen molar-refractivity contribution >= 4 is 56.6 Å². The number of rotatable bonds is 7. The largest absolute Gasteiger partial charge is 0.508 e. The van der Waals surface area contributed by atoms with Crippen molar-refractivity contribution in [1.29, 1.82) is 0 Å². The molecule has 3 heterocycles. The van der Waals surface area contributed by atoms with Crippen LogP contribution in [0.2, 0.25) is 5.02 Å². The van der Waals surface area contributed by atoms with Crippen molar-refractivity contribution in [2.75, 3.05) is 57.3 Å². The zero-order chi connectivity index (χ0) is 30.1. The SMILES string of the molecule is C=C(Cl)C(=O)N1CCN(c2nc(OCCN3CCCCC3)nc3c(F)c(-c4cc(O)cc5ccccc45)c(Cl)cc23)CC1. The lowest BCUT2D eigenvalue weighted by Gasteiger charge is -2.35. The topological polar surface area (TPSA) is 82.0 Å². The first-order chi connectivity index (χ1) is 20.8. The summed E-state index contributed by atoms with van der Waals surface area (Å²) in [7, 11) is 0. The first-order valence-electron chi connectivity index (χ1n) is 14.5. The van der Waals surface area contributed by atoms with Crippen LogP contribution >= 0.6 is 23.2 Å². The van der Waals surface area contributed by atoms with Crippen molar-refractivity contribution in [3.63, 3.8) is 0 Å². The molecule has 1 amide bonds. The molecule has 8 nitrogen and oxygen atoms in total. The molecule has 43 heavy (non-hydrogen) atoms. The Morgan fingerprint density at radius 1 is 1.00 bits per heavy atom. The van der Waals surface area contributed by atoms with Crippen LogP contribution in [0.1, 0.15) is 19.3 Å². The van der Waals surface area contributed by atoms with Crippen LogP contribution in [0.15, 0.2) is 54.1 Å². The van der Waals surface area contributed by atoms with E-state index in [0.717, 1.165) is 30.4 Å². The van der Waals surface area contributed by atoms with Crippen LogP contribution in [-0.4, -0.2) is 83.2 Å². The molecular weight excluding hydrogens is 592 g/mol. The number of carbonyl (C=O) groups excluding carboxylic acids is 1. The van der Waals surface area contributed by atoms with E-state index in [2.05, 4.69) is 16.5 Å². The first-order valence-corrected chi connectivity index (χ1v) is 15.2. The molecule has 0 atom stereocenters. The molecule has 0 bridgehead atoms. The highest BCUT2D eigenvalue weighted by atomic mass is 35.5. The number of anilines is 1. The first kappa shape index (κ1) is 29.4. The molecule has 0 radical (unpaired) electrons. The fourth-order valence-electron chi connectivity index (χ4n) is 5.96. The van der Waals surface area contributed by atoms with Gasteiger partial charge in [0.2, 0.25) is 0 Å². The Morgan fingerprint density at radius 3 is 2.49 bits per heavy atom. The predicted molar refractivity (Wildman–Crippen MR) is 169 cm³/mol. The number of aromatic nitrogens is 2. The minimum atomic E-state index is -0.630. The summed E-state index contributed by atoms with van der Waals surface area (Å²) in [4.78, 5) is 27.6. The standard InChI is InChI=1S/C32H32Cl2FN5O3/c1-20(33)31(42)40-13-11-39(12-14-40)30-25-19-26(34)27(24-18-22(41)17-21-7-3-4-8-23(21)24)28(35)29(25)36-32(37-30)43-16-15-38-9-5-2-6-10-38/h3-4,7-8,17-19,41H,1-2,5-6,9-16H2.